The molecular formula is C14H19NO3. The molecule has 4 heteroatoms. The smallest absolute Gasteiger partial charge is 0.251 e. The minimum absolute atomic E-state index is 0.0436. The van der Waals surface area contributed by atoms with Crippen LogP contribution in [-0.4, -0.2) is 31.8 Å². The second-order valence-electron chi connectivity index (χ2n) is 4.54. The molecular weight excluding hydrogens is 230 g/mol. The van der Waals surface area contributed by atoms with Crippen LogP contribution in [0, 0.1) is 0 Å². The summed E-state index contributed by atoms with van der Waals surface area (Å²) in [6.07, 6.45) is 2.24. The van der Waals surface area contributed by atoms with Crippen LogP contribution in [0.5, 0.6) is 5.75 Å². The van der Waals surface area contributed by atoms with E-state index in [9.17, 15) is 4.79 Å². The summed E-state index contributed by atoms with van der Waals surface area (Å²) >= 11 is 0. The Labute approximate surface area is 107 Å². The Morgan fingerprint density at radius 3 is 2.72 bits per heavy atom. The van der Waals surface area contributed by atoms with Crippen LogP contribution in [0.15, 0.2) is 24.3 Å². The fourth-order valence-corrected chi connectivity index (χ4v) is 2.12. The van der Waals surface area contributed by atoms with Gasteiger partial charge in [-0.3, -0.25) is 4.79 Å². The van der Waals surface area contributed by atoms with Crippen molar-refractivity contribution in [2.75, 3.05) is 13.7 Å². The molecule has 1 fully saturated rings. The maximum atomic E-state index is 12.0. The molecule has 1 N–H and O–H groups in total. The highest BCUT2D eigenvalue weighted by molar-refractivity contribution is 5.94. The molecule has 2 atom stereocenters. The minimum Gasteiger partial charge on any atom is -0.497 e. The molecule has 0 spiro atoms. The Morgan fingerprint density at radius 2 is 2.17 bits per heavy atom. The Hall–Kier alpha value is -1.55. The number of hydrogen-bond donors (Lipinski definition) is 1. The molecule has 98 valence electrons. The Morgan fingerprint density at radius 1 is 1.44 bits per heavy atom. The van der Waals surface area contributed by atoms with E-state index in [4.69, 9.17) is 9.47 Å². The molecule has 0 radical (unpaired) electrons. The van der Waals surface area contributed by atoms with Gasteiger partial charge in [0.15, 0.2) is 0 Å². The molecule has 0 aliphatic carbocycles. The predicted octanol–water partition coefficient (Wildman–Crippen LogP) is 1.99. The maximum absolute atomic E-state index is 12.0. The summed E-state index contributed by atoms with van der Waals surface area (Å²) in [5, 5.41) is 2.97. The average Bonchev–Trinajstić information content (AvgIpc) is 2.92. The highest BCUT2D eigenvalue weighted by Gasteiger charge is 2.23. The molecule has 1 aliphatic heterocycles. The van der Waals surface area contributed by atoms with Crippen molar-refractivity contribution in [3.8, 4) is 5.75 Å². The first-order valence-corrected chi connectivity index (χ1v) is 6.27. The van der Waals surface area contributed by atoms with E-state index in [2.05, 4.69) is 5.32 Å². The zero-order chi connectivity index (χ0) is 13.0. The van der Waals surface area contributed by atoms with Crippen molar-refractivity contribution in [1.29, 1.82) is 0 Å². The summed E-state index contributed by atoms with van der Waals surface area (Å²) in [5.41, 5.74) is 0.639. The number of methoxy groups -OCH3 is 1. The molecule has 0 unspecified atom stereocenters. The van der Waals surface area contributed by atoms with Gasteiger partial charge in [-0.2, -0.15) is 0 Å². The first kappa shape index (κ1) is 12.9. The van der Waals surface area contributed by atoms with Gasteiger partial charge in [0.25, 0.3) is 5.91 Å². The number of amides is 1. The van der Waals surface area contributed by atoms with E-state index in [1.165, 1.54) is 0 Å². The third kappa shape index (κ3) is 3.01. The molecule has 0 bridgehead atoms. The lowest BCUT2D eigenvalue weighted by molar-refractivity contribution is 0.0712. The molecule has 1 amide bonds. The van der Waals surface area contributed by atoms with Gasteiger partial charge in [-0.1, -0.05) is 0 Å². The number of rotatable bonds is 4. The van der Waals surface area contributed by atoms with Crippen LogP contribution >= 0.6 is 0 Å². The summed E-state index contributed by atoms with van der Waals surface area (Å²) in [5.74, 6) is 0.680. The topological polar surface area (TPSA) is 47.6 Å². The quantitative estimate of drug-likeness (QED) is 0.887. The minimum atomic E-state index is -0.0688. The van der Waals surface area contributed by atoms with Gasteiger partial charge in [-0.25, -0.2) is 0 Å². The van der Waals surface area contributed by atoms with Crippen LogP contribution in [0.2, 0.25) is 0 Å². The van der Waals surface area contributed by atoms with Gasteiger partial charge in [0.1, 0.15) is 5.75 Å². The van der Waals surface area contributed by atoms with Crippen molar-refractivity contribution < 1.29 is 14.3 Å². The SMILES string of the molecule is COc1ccc(C(=O)N[C@@H](C)[C@H]2CCCO2)cc1. The van der Waals surface area contributed by atoms with Crippen molar-refractivity contribution >= 4 is 5.91 Å². The molecule has 0 saturated carbocycles. The molecule has 2 rings (SSSR count). The second-order valence-corrected chi connectivity index (χ2v) is 4.54. The number of benzene rings is 1. The number of nitrogens with one attached hydrogen (secondary N) is 1. The first-order valence-electron chi connectivity index (χ1n) is 6.27. The predicted molar refractivity (Wildman–Crippen MR) is 68.9 cm³/mol. The maximum Gasteiger partial charge on any atom is 0.251 e. The standard InChI is InChI=1S/C14H19NO3/c1-10(13-4-3-9-18-13)15-14(16)11-5-7-12(17-2)8-6-11/h5-8,10,13H,3-4,9H2,1-2H3,(H,15,16)/t10-,13+/m0/s1. The van der Waals surface area contributed by atoms with Crippen LogP contribution in [0.1, 0.15) is 30.1 Å². The van der Waals surface area contributed by atoms with E-state index in [-0.39, 0.29) is 18.1 Å². The molecule has 4 nitrogen and oxygen atoms in total. The lowest BCUT2D eigenvalue weighted by atomic mass is 10.1. The zero-order valence-corrected chi connectivity index (χ0v) is 10.8. The molecule has 1 aromatic rings. The van der Waals surface area contributed by atoms with Crippen LogP contribution < -0.4 is 10.1 Å². The summed E-state index contributed by atoms with van der Waals surface area (Å²) in [6, 6.07) is 7.13. The van der Waals surface area contributed by atoms with E-state index in [0.717, 1.165) is 25.2 Å². The van der Waals surface area contributed by atoms with Gasteiger partial charge < -0.3 is 14.8 Å². The summed E-state index contributed by atoms with van der Waals surface area (Å²) in [6.45, 7) is 2.78. The van der Waals surface area contributed by atoms with Gasteiger partial charge >= 0.3 is 0 Å². The van der Waals surface area contributed by atoms with Gasteiger partial charge in [-0.15, -0.1) is 0 Å². The number of ether oxygens (including phenoxy) is 2. The van der Waals surface area contributed by atoms with Gasteiger partial charge in [-0.05, 0) is 44.0 Å². The number of carbonyl (C=O) groups excluding carboxylic acids is 1. The van der Waals surface area contributed by atoms with E-state index in [1.54, 1.807) is 31.4 Å². The summed E-state index contributed by atoms with van der Waals surface area (Å²) in [7, 11) is 1.61. The van der Waals surface area contributed by atoms with E-state index >= 15 is 0 Å². The largest absolute Gasteiger partial charge is 0.497 e. The van der Waals surface area contributed by atoms with Crippen molar-refractivity contribution in [1.82, 2.24) is 5.32 Å². The fraction of sp³-hybridized carbons (Fsp3) is 0.500. The van der Waals surface area contributed by atoms with E-state index < -0.39 is 0 Å². The monoisotopic (exact) mass is 249 g/mol. The highest BCUT2D eigenvalue weighted by Crippen LogP contribution is 2.16. The molecule has 1 aromatic carbocycles. The van der Waals surface area contributed by atoms with Crippen LogP contribution in [-0.2, 0) is 4.74 Å². The lowest BCUT2D eigenvalue weighted by Gasteiger charge is -2.20. The molecule has 1 aliphatic rings. The zero-order valence-electron chi connectivity index (χ0n) is 10.8. The normalized spacial score (nSPS) is 20.4. The molecule has 18 heavy (non-hydrogen) atoms. The van der Waals surface area contributed by atoms with Gasteiger partial charge in [0, 0.05) is 12.2 Å². The summed E-state index contributed by atoms with van der Waals surface area (Å²) < 4.78 is 10.6. The van der Waals surface area contributed by atoms with Crippen molar-refractivity contribution in [2.45, 2.75) is 31.9 Å². The third-order valence-corrected chi connectivity index (χ3v) is 3.23. The average molecular weight is 249 g/mol. The lowest BCUT2D eigenvalue weighted by Crippen LogP contribution is -2.40. The van der Waals surface area contributed by atoms with Gasteiger partial charge in [0.2, 0.25) is 0 Å². The second kappa shape index (κ2) is 5.87. The summed E-state index contributed by atoms with van der Waals surface area (Å²) in [4.78, 5) is 12.0. The van der Waals surface area contributed by atoms with Crippen LogP contribution in [0.3, 0.4) is 0 Å². The molecule has 0 aromatic heterocycles. The van der Waals surface area contributed by atoms with Crippen molar-refractivity contribution in [3.63, 3.8) is 0 Å². The molecule has 1 saturated heterocycles. The van der Waals surface area contributed by atoms with Gasteiger partial charge in [0.05, 0.1) is 19.3 Å². The highest BCUT2D eigenvalue weighted by atomic mass is 16.5. The number of carbonyl (C=O) groups is 1. The van der Waals surface area contributed by atoms with Crippen molar-refractivity contribution in [3.05, 3.63) is 29.8 Å². The van der Waals surface area contributed by atoms with Crippen molar-refractivity contribution in [2.24, 2.45) is 0 Å². The van der Waals surface area contributed by atoms with Crippen LogP contribution in [0.4, 0.5) is 0 Å². The van der Waals surface area contributed by atoms with E-state index in [0.29, 0.717) is 5.56 Å². The fourth-order valence-electron chi connectivity index (χ4n) is 2.12. The first-order chi connectivity index (χ1) is 8.70. The van der Waals surface area contributed by atoms with Crippen LogP contribution in [0.25, 0.3) is 0 Å². The van der Waals surface area contributed by atoms with E-state index in [1.807, 2.05) is 6.92 Å². The number of hydrogen-bond acceptors (Lipinski definition) is 3. The Bertz CT molecular complexity index is 396. The molecule has 1 heterocycles. The Balaban J connectivity index is 1.93. The third-order valence-electron chi connectivity index (χ3n) is 3.23. The Kier molecular flexibility index (Phi) is 4.20.